The monoisotopic (exact) mass is 376 g/mol. The summed E-state index contributed by atoms with van der Waals surface area (Å²) < 4.78 is 39.3. The molecule has 6 heteroatoms. The predicted octanol–water partition coefficient (Wildman–Crippen LogP) is 4.23. The number of carbonyl (C=O) groups is 1. The van der Waals surface area contributed by atoms with Crippen molar-refractivity contribution in [1.29, 1.82) is 0 Å². The highest BCUT2D eigenvalue weighted by Crippen LogP contribution is 2.32. The number of rotatable bonds is 5. The van der Waals surface area contributed by atoms with Crippen molar-refractivity contribution in [2.45, 2.75) is 19.0 Å². The van der Waals surface area contributed by atoms with E-state index in [9.17, 15) is 18.0 Å². The Balaban J connectivity index is 1.58. The third-order valence-electron chi connectivity index (χ3n) is 5.03. The maximum absolute atomic E-state index is 13.1. The molecule has 0 aliphatic carbocycles. The van der Waals surface area contributed by atoms with Crippen molar-refractivity contribution in [3.05, 3.63) is 65.7 Å². The minimum atomic E-state index is -4.45. The highest BCUT2D eigenvalue weighted by atomic mass is 19.4. The number of para-hydroxylation sites is 1. The average molecular weight is 376 g/mol. The molecule has 27 heavy (non-hydrogen) atoms. The van der Waals surface area contributed by atoms with Crippen LogP contribution in [0.4, 0.5) is 18.9 Å². The van der Waals surface area contributed by atoms with Gasteiger partial charge in [0.05, 0.1) is 12.0 Å². The molecule has 1 unspecified atom stereocenters. The number of carbonyl (C=O) groups excluding carboxylic acids is 1. The van der Waals surface area contributed by atoms with Crippen LogP contribution in [-0.4, -0.2) is 37.5 Å². The van der Waals surface area contributed by atoms with Gasteiger partial charge in [0.2, 0.25) is 5.91 Å². The van der Waals surface area contributed by atoms with Crippen molar-refractivity contribution in [3.8, 4) is 0 Å². The van der Waals surface area contributed by atoms with Gasteiger partial charge in [0.15, 0.2) is 0 Å². The van der Waals surface area contributed by atoms with Crippen LogP contribution in [0.5, 0.6) is 0 Å². The van der Waals surface area contributed by atoms with Crippen molar-refractivity contribution in [2.75, 3.05) is 31.6 Å². The molecule has 1 heterocycles. The third-order valence-corrected chi connectivity index (χ3v) is 5.03. The molecule has 144 valence electrons. The van der Waals surface area contributed by atoms with Gasteiger partial charge in [-0.15, -0.1) is 0 Å². The number of benzene rings is 2. The molecule has 2 aromatic rings. The highest BCUT2D eigenvalue weighted by Gasteiger charge is 2.33. The number of hydrogen-bond donors (Lipinski definition) is 0. The van der Waals surface area contributed by atoms with Gasteiger partial charge in [0.1, 0.15) is 0 Å². The zero-order valence-corrected chi connectivity index (χ0v) is 15.2. The average Bonchev–Trinajstić information content (AvgIpc) is 3.10. The van der Waals surface area contributed by atoms with Crippen LogP contribution in [0.3, 0.4) is 0 Å². The van der Waals surface area contributed by atoms with Crippen LogP contribution in [0.2, 0.25) is 0 Å². The molecule has 0 aromatic heterocycles. The lowest BCUT2D eigenvalue weighted by atomic mass is 10.0. The summed E-state index contributed by atoms with van der Waals surface area (Å²) in [6.45, 7) is 2.32. The molecule has 0 N–H and O–H groups in total. The maximum Gasteiger partial charge on any atom is 0.416 e. The summed E-state index contributed by atoms with van der Waals surface area (Å²) in [6, 6.07) is 15.4. The zero-order valence-electron chi connectivity index (χ0n) is 15.2. The Morgan fingerprint density at radius 2 is 1.78 bits per heavy atom. The maximum atomic E-state index is 13.1. The van der Waals surface area contributed by atoms with E-state index in [-0.39, 0.29) is 17.9 Å². The largest absolute Gasteiger partial charge is 0.416 e. The minimum Gasteiger partial charge on any atom is -0.371 e. The van der Waals surface area contributed by atoms with Crippen LogP contribution in [-0.2, 0) is 17.4 Å². The van der Waals surface area contributed by atoms with E-state index in [4.69, 9.17) is 0 Å². The highest BCUT2D eigenvalue weighted by molar-refractivity contribution is 5.79. The molecule has 1 atom stereocenters. The van der Waals surface area contributed by atoms with E-state index in [0.29, 0.717) is 12.5 Å². The second-order valence-electron chi connectivity index (χ2n) is 7.04. The summed E-state index contributed by atoms with van der Waals surface area (Å²) in [4.78, 5) is 16.3. The van der Waals surface area contributed by atoms with E-state index in [1.54, 1.807) is 11.9 Å². The number of nitrogens with zero attached hydrogens (tertiary/aromatic N) is 2. The number of amides is 1. The Hall–Kier alpha value is -2.50. The summed E-state index contributed by atoms with van der Waals surface area (Å²) in [7, 11) is 1.67. The van der Waals surface area contributed by atoms with Gasteiger partial charge in [-0.05, 0) is 36.1 Å². The third kappa shape index (κ3) is 4.81. The fourth-order valence-electron chi connectivity index (χ4n) is 3.59. The Morgan fingerprint density at radius 3 is 2.48 bits per heavy atom. The number of likely N-dealkylation sites (N-methyl/N-ethyl adjacent to an activating group) is 1. The van der Waals surface area contributed by atoms with Gasteiger partial charge in [0, 0.05) is 32.4 Å². The van der Waals surface area contributed by atoms with Crippen molar-refractivity contribution in [1.82, 2.24) is 4.90 Å². The molecule has 2 aromatic carbocycles. The zero-order chi connectivity index (χ0) is 19.4. The van der Waals surface area contributed by atoms with E-state index in [1.807, 2.05) is 18.2 Å². The predicted molar refractivity (Wildman–Crippen MR) is 99.5 cm³/mol. The minimum absolute atomic E-state index is 0.0270. The van der Waals surface area contributed by atoms with E-state index >= 15 is 0 Å². The summed E-state index contributed by atoms with van der Waals surface area (Å²) in [5.41, 5.74) is 0.454. The van der Waals surface area contributed by atoms with Crippen LogP contribution < -0.4 is 4.90 Å². The van der Waals surface area contributed by atoms with Crippen LogP contribution in [0.1, 0.15) is 17.5 Å². The second kappa shape index (κ2) is 8.03. The van der Waals surface area contributed by atoms with Crippen LogP contribution in [0.25, 0.3) is 0 Å². The number of alkyl halides is 3. The first-order chi connectivity index (χ1) is 12.8. The molecule has 0 radical (unpaired) electrons. The summed E-state index contributed by atoms with van der Waals surface area (Å²) in [5, 5.41) is 0. The summed E-state index contributed by atoms with van der Waals surface area (Å²) >= 11 is 0. The van der Waals surface area contributed by atoms with E-state index in [2.05, 4.69) is 17.0 Å². The first kappa shape index (κ1) is 19.3. The molecule has 3 rings (SSSR count). The van der Waals surface area contributed by atoms with E-state index in [0.717, 1.165) is 31.3 Å². The van der Waals surface area contributed by atoms with Crippen molar-refractivity contribution < 1.29 is 18.0 Å². The van der Waals surface area contributed by atoms with Crippen molar-refractivity contribution >= 4 is 11.6 Å². The first-order valence-corrected chi connectivity index (χ1v) is 9.03. The Kier molecular flexibility index (Phi) is 5.73. The molecule has 1 saturated heterocycles. The normalized spacial score (nSPS) is 17.2. The fraction of sp³-hybridized carbons (Fsp3) is 0.381. The molecule has 1 amide bonds. The molecule has 0 saturated carbocycles. The van der Waals surface area contributed by atoms with Gasteiger partial charge in [-0.1, -0.05) is 36.4 Å². The van der Waals surface area contributed by atoms with Crippen LogP contribution in [0.15, 0.2) is 54.6 Å². The van der Waals surface area contributed by atoms with Gasteiger partial charge in [0.25, 0.3) is 0 Å². The lowest BCUT2D eigenvalue weighted by molar-refractivity contribution is -0.138. The smallest absolute Gasteiger partial charge is 0.371 e. The number of halogens is 3. The molecule has 1 aliphatic rings. The quantitative estimate of drug-likeness (QED) is 0.780. The lowest BCUT2D eigenvalue weighted by Gasteiger charge is -2.23. The molecule has 3 nitrogen and oxygen atoms in total. The van der Waals surface area contributed by atoms with E-state index < -0.39 is 11.7 Å². The Bertz CT molecular complexity index is 776. The summed E-state index contributed by atoms with van der Waals surface area (Å²) in [5.74, 6) is 0.0295. The molecular weight excluding hydrogens is 353 g/mol. The van der Waals surface area contributed by atoms with Gasteiger partial charge in [-0.25, -0.2) is 0 Å². The molecule has 1 aliphatic heterocycles. The van der Waals surface area contributed by atoms with Gasteiger partial charge < -0.3 is 9.80 Å². The molecule has 0 spiro atoms. The van der Waals surface area contributed by atoms with Gasteiger partial charge >= 0.3 is 6.18 Å². The standard InChI is InChI=1S/C21H23F3N2O/c1-25(14-16-11-12-26(15-16)18-8-3-2-4-9-18)20(27)13-17-7-5-6-10-19(17)21(22,23)24/h2-10,16H,11-15H2,1H3. The van der Waals surface area contributed by atoms with Crippen LogP contribution in [0, 0.1) is 5.92 Å². The molecule has 1 fully saturated rings. The molecule has 0 bridgehead atoms. The van der Waals surface area contributed by atoms with Gasteiger partial charge in [-0.3, -0.25) is 4.79 Å². The lowest BCUT2D eigenvalue weighted by Crippen LogP contribution is -2.34. The number of hydrogen-bond acceptors (Lipinski definition) is 2. The topological polar surface area (TPSA) is 23.6 Å². The van der Waals surface area contributed by atoms with Crippen molar-refractivity contribution in [3.63, 3.8) is 0 Å². The first-order valence-electron chi connectivity index (χ1n) is 9.03. The fourth-order valence-corrected chi connectivity index (χ4v) is 3.59. The Labute approximate surface area is 157 Å². The van der Waals surface area contributed by atoms with E-state index in [1.165, 1.54) is 18.2 Å². The summed E-state index contributed by atoms with van der Waals surface area (Å²) in [6.07, 6.45) is -3.72. The molecular formula is C21H23F3N2O. The SMILES string of the molecule is CN(CC1CCN(c2ccccc2)C1)C(=O)Cc1ccccc1C(F)(F)F. The van der Waals surface area contributed by atoms with Crippen molar-refractivity contribution in [2.24, 2.45) is 5.92 Å². The Morgan fingerprint density at radius 1 is 1.11 bits per heavy atom. The van der Waals surface area contributed by atoms with Gasteiger partial charge in [-0.2, -0.15) is 13.2 Å². The number of anilines is 1. The second-order valence-corrected chi connectivity index (χ2v) is 7.04. The van der Waals surface area contributed by atoms with Crippen LogP contribution >= 0.6 is 0 Å².